The monoisotopic (exact) mass is 310 g/mol. The number of carbonyl (C=O) groups is 1. The normalized spacial score (nSPS) is 28.0. The fourth-order valence-corrected chi connectivity index (χ4v) is 2.47. The van der Waals surface area contributed by atoms with E-state index in [2.05, 4.69) is 0 Å². The summed E-state index contributed by atoms with van der Waals surface area (Å²) < 4.78 is 21.2. The molecule has 6 nitrogen and oxygen atoms in total. The van der Waals surface area contributed by atoms with E-state index in [0.29, 0.717) is 17.1 Å². The van der Waals surface area contributed by atoms with Gasteiger partial charge in [-0.3, -0.25) is 0 Å². The summed E-state index contributed by atoms with van der Waals surface area (Å²) in [6, 6.07) is 4.85. The first-order valence-corrected chi connectivity index (χ1v) is 7.22. The summed E-state index contributed by atoms with van der Waals surface area (Å²) >= 11 is 0. The van der Waals surface area contributed by atoms with E-state index in [0.717, 1.165) is 0 Å². The SMILES string of the molecule is COc1ccc(C(=O)O[C@@H]2C[C@@H](O)O[C@H](C)[C@@H]2C)cc1OC. The Morgan fingerprint density at radius 3 is 2.55 bits per heavy atom. The van der Waals surface area contributed by atoms with Crippen molar-refractivity contribution in [2.24, 2.45) is 5.92 Å². The van der Waals surface area contributed by atoms with Crippen LogP contribution in [0.3, 0.4) is 0 Å². The van der Waals surface area contributed by atoms with Crippen LogP contribution in [0.2, 0.25) is 0 Å². The van der Waals surface area contributed by atoms with Crippen molar-refractivity contribution in [3.63, 3.8) is 0 Å². The molecule has 4 atom stereocenters. The number of hydrogen-bond donors (Lipinski definition) is 1. The lowest BCUT2D eigenvalue weighted by Gasteiger charge is -2.36. The molecule has 0 aliphatic carbocycles. The number of rotatable bonds is 4. The van der Waals surface area contributed by atoms with Crippen molar-refractivity contribution in [1.82, 2.24) is 0 Å². The second kappa shape index (κ2) is 6.98. The van der Waals surface area contributed by atoms with Gasteiger partial charge in [-0.2, -0.15) is 0 Å². The van der Waals surface area contributed by atoms with Gasteiger partial charge in [0.15, 0.2) is 17.8 Å². The van der Waals surface area contributed by atoms with Gasteiger partial charge >= 0.3 is 5.97 Å². The third kappa shape index (κ3) is 3.51. The van der Waals surface area contributed by atoms with E-state index in [9.17, 15) is 9.90 Å². The van der Waals surface area contributed by atoms with Gasteiger partial charge < -0.3 is 24.1 Å². The number of esters is 1. The van der Waals surface area contributed by atoms with Crippen molar-refractivity contribution in [3.8, 4) is 11.5 Å². The Morgan fingerprint density at radius 2 is 1.91 bits per heavy atom. The number of methoxy groups -OCH3 is 2. The summed E-state index contributed by atoms with van der Waals surface area (Å²) in [5, 5.41) is 9.65. The summed E-state index contributed by atoms with van der Waals surface area (Å²) in [6.07, 6.45) is -1.20. The molecule has 0 saturated carbocycles. The summed E-state index contributed by atoms with van der Waals surface area (Å²) in [6.45, 7) is 3.79. The molecule has 1 aliphatic heterocycles. The third-order valence-corrected chi connectivity index (χ3v) is 4.01. The molecular formula is C16H22O6. The van der Waals surface area contributed by atoms with Gasteiger partial charge in [0.25, 0.3) is 0 Å². The van der Waals surface area contributed by atoms with E-state index in [4.69, 9.17) is 18.9 Å². The summed E-state index contributed by atoms with van der Waals surface area (Å²) in [4.78, 5) is 12.3. The Balaban J connectivity index is 2.11. The highest BCUT2D eigenvalue weighted by Gasteiger charge is 2.35. The molecule has 0 bridgehead atoms. The molecule has 2 rings (SSSR count). The van der Waals surface area contributed by atoms with Gasteiger partial charge in [-0.1, -0.05) is 6.92 Å². The van der Waals surface area contributed by atoms with Gasteiger partial charge in [-0.25, -0.2) is 4.79 Å². The molecule has 1 saturated heterocycles. The molecular weight excluding hydrogens is 288 g/mol. The largest absolute Gasteiger partial charge is 0.493 e. The summed E-state index contributed by atoms with van der Waals surface area (Å²) in [5.74, 6) is 0.555. The number of ether oxygens (including phenoxy) is 4. The number of aliphatic hydroxyl groups is 1. The number of hydrogen-bond acceptors (Lipinski definition) is 6. The van der Waals surface area contributed by atoms with Crippen LogP contribution in [0, 0.1) is 5.92 Å². The second-order valence-electron chi connectivity index (χ2n) is 5.40. The molecule has 0 amide bonds. The fourth-order valence-electron chi connectivity index (χ4n) is 2.47. The first-order chi connectivity index (χ1) is 10.5. The smallest absolute Gasteiger partial charge is 0.338 e. The zero-order valence-corrected chi connectivity index (χ0v) is 13.2. The minimum absolute atomic E-state index is 0.00694. The van der Waals surface area contributed by atoms with Gasteiger partial charge in [0, 0.05) is 12.3 Å². The van der Waals surface area contributed by atoms with Crippen molar-refractivity contribution in [3.05, 3.63) is 23.8 Å². The average Bonchev–Trinajstić information content (AvgIpc) is 2.51. The fraction of sp³-hybridized carbons (Fsp3) is 0.562. The van der Waals surface area contributed by atoms with E-state index in [1.165, 1.54) is 14.2 Å². The van der Waals surface area contributed by atoms with E-state index in [1.54, 1.807) is 18.2 Å². The molecule has 122 valence electrons. The topological polar surface area (TPSA) is 74.2 Å². The second-order valence-corrected chi connectivity index (χ2v) is 5.40. The van der Waals surface area contributed by atoms with Crippen LogP contribution in [-0.2, 0) is 9.47 Å². The highest BCUT2D eigenvalue weighted by molar-refractivity contribution is 5.90. The number of aliphatic hydroxyl groups excluding tert-OH is 1. The minimum atomic E-state index is -0.908. The Morgan fingerprint density at radius 1 is 1.23 bits per heavy atom. The first kappa shape index (κ1) is 16.6. The molecule has 0 spiro atoms. The molecule has 1 N–H and O–H groups in total. The highest BCUT2D eigenvalue weighted by atomic mass is 16.6. The summed E-state index contributed by atoms with van der Waals surface area (Å²) in [7, 11) is 3.04. The maximum absolute atomic E-state index is 12.3. The molecule has 0 radical (unpaired) electrons. The molecule has 22 heavy (non-hydrogen) atoms. The van der Waals surface area contributed by atoms with E-state index in [1.807, 2.05) is 13.8 Å². The number of carbonyl (C=O) groups excluding carboxylic acids is 1. The first-order valence-electron chi connectivity index (χ1n) is 7.22. The molecule has 1 aromatic rings. The predicted octanol–water partition coefficient (Wildman–Crippen LogP) is 1.99. The van der Waals surface area contributed by atoms with Crippen LogP contribution in [-0.4, -0.2) is 43.8 Å². The van der Waals surface area contributed by atoms with Crippen molar-refractivity contribution in [1.29, 1.82) is 0 Å². The van der Waals surface area contributed by atoms with Crippen molar-refractivity contribution in [2.75, 3.05) is 14.2 Å². The highest BCUT2D eigenvalue weighted by Crippen LogP contribution is 2.30. The third-order valence-electron chi connectivity index (χ3n) is 4.01. The van der Waals surface area contributed by atoms with E-state index >= 15 is 0 Å². The maximum Gasteiger partial charge on any atom is 0.338 e. The average molecular weight is 310 g/mol. The lowest BCUT2D eigenvalue weighted by Crippen LogP contribution is -2.43. The van der Waals surface area contributed by atoms with Gasteiger partial charge in [0.05, 0.1) is 25.9 Å². The Hall–Kier alpha value is -1.79. The standard InChI is InChI=1S/C16H22O6/c1-9-10(2)21-15(17)8-13(9)22-16(18)11-5-6-12(19-3)14(7-11)20-4/h5-7,9-10,13,15,17H,8H2,1-4H3/t9-,10+,13+,15-/m0/s1. The Kier molecular flexibility index (Phi) is 5.26. The Bertz CT molecular complexity index is 529. The lowest BCUT2D eigenvalue weighted by molar-refractivity contribution is -0.205. The van der Waals surface area contributed by atoms with Gasteiger partial charge in [-0.05, 0) is 25.1 Å². The van der Waals surface area contributed by atoms with Crippen molar-refractivity contribution >= 4 is 5.97 Å². The van der Waals surface area contributed by atoms with E-state index < -0.39 is 12.3 Å². The molecule has 1 fully saturated rings. The van der Waals surface area contributed by atoms with Crippen LogP contribution in [0.5, 0.6) is 11.5 Å². The Labute approximate surface area is 129 Å². The lowest BCUT2D eigenvalue weighted by atomic mass is 9.93. The van der Waals surface area contributed by atoms with Crippen LogP contribution in [0.1, 0.15) is 30.6 Å². The van der Waals surface area contributed by atoms with Crippen LogP contribution >= 0.6 is 0 Å². The van der Waals surface area contributed by atoms with Gasteiger partial charge in [0.1, 0.15) is 6.10 Å². The van der Waals surface area contributed by atoms with Crippen LogP contribution in [0.4, 0.5) is 0 Å². The zero-order chi connectivity index (χ0) is 16.3. The van der Waals surface area contributed by atoms with Crippen molar-refractivity contribution < 1.29 is 28.8 Å². The van der Waals surface area contributed by atoms with Crippen LogP contribution in [0.15, 0.2) is 18.2 Å². The molecule has 0 unspecified atom stereocenters. The molecule has 0 aromatic heterocycles. The van der Waals surface area contributed by atoms with Crippen LogP contribution < -0.4 is 9.47 Å². The summed E-state index contributed by atoms with van der Waals surface area (Å²) in [5.41, 5.74) is 0.374. The molecule has 1 aliphatic rings. The molecule has 6 heteroatoms. The quantitative estimate of drug-likeness (QED) is 0.857. The minimum Gasteiger partial charge on any atom is -0.493 e. The van der Waals surface area contributed by atoms with E-state index in [-0.39, 0.29) is 24.5 Å². The number of benzene rings is 1. The van der Waals surface area contributed by atoms with Gasteiger partial charge in [-0.15, -0.1) is 0 Å². The zero-order valence-electron chi connectivity index (χ0n) is 13.2. The van der Waals surface area contributed by atoms with Crippen molar-refractivity contribution in [2.45, 2.75) is 38.8 Å². The maximum atomic E-state index is 12.3. The molecule has 1 aromatic carbocycles. The van der Waals surface area contributed by atoms with Crippen LogP contribution in [0.25, 0.3) is 0 Å². The predicted molar refractivity (Wildman–Crippen MR) is 79.1 cm³/mol. The van der Waals surface area contributed by atoms with Gasteiger partial charge in [0.2, 0.25) is 0 Å². The molecule has 1 heterocycles.